The van der Waals surface area contributed by atoms with E-state index in [1.54, 1.807) is 36.4 Å². The maximum atomic E-state index is 13.6. The Morgan fingerprint density at radius 2 is 1.61 bits per heavy atom. The SMILES string of the molecule is CC(C)c1ccc(OC(COCc2ccc(CNC(=O)Nc3ccc(F)cc3F)cc2)C(=O)O)cc1. The van der Waals surface area contributed by atoms with Gasteiger partial charge in [-0.1, -0.05) is 50.2 Å². The molecule has 3 rings (SSSR count). The number of benzene rings is 3. The lowest BCUT2D eigenvalue weighted by Gasteiger charge is -2.16. The van der Waals surface area contributed by atoms with Crippen LogP contribution in [0, 0.1) is 11.6 Å². The summed E-state index contributed by atoms with van der Waals surface area (Å²) < 4.78 is 37.7. The quantitative estimate of drug-likeness (QED) is 0.326. The molecule has 36 heavy (non-hydrogen) atoms. The van der Waals surface area contributed by atoms with Gasteiger partial charge in [-0.3, -0.25) is 0 Å². The second-order valence-corrected chi connectivity index (χ2v) is 8.43. The number of aliphatic carboxylic acids is 1. The number of hydrogen-bond donors (Lipinski definition) is 3. The molecule has 3 N–H and O–H groups in total. The molecule has 0 heterocycles. The third kappa shape index (κ3) is 8.06. The van der Waals surface area contributed by atoms with Gasteiger partial charge < -0.3 is 25.2 Å². The first-order valence-electron chi connectivity index (χ1n) is 11.4. The number of carbonyl (C=O) groups excluding carboxylic acids is 1. The molecule has 3 aromatic carbocycles. The van der Waals surface area contributed by atoms with Crippen molar-refractivity contribution in [1.29, 1.82) is 0 Å². The van der Waals surface area contributed by atoms with Crippen molar-refractivity contribution in [3.05, 3.63) is 95.1 Å². The van der Waals surface area contributed by atoms with Crippen molar-refractivity contribution < 1.29 is 33.0 Å². The zero-order valence-electron chi connectivity index (χ0n) is 20.0. The van der Waals surface area contributed by atoms with Crippen LogP contribution in [0.3, 0.4) is 0 Å². The van der Waals surface area contributed by atoms with Gasteiger partial charge >= 0.3 is 12.0 Å². The number of ether oxygens (including phenoxy) is 2. The second-order valence-electron chi connectivity index (χ2n) is 8.43. The molecule has 0 saturated carbocycles. The van der Waals surface area contributed by atoms with Crippen molar-refractivity contribution in [3.63, 3.8) is 0 Å². The highest BCUT2D eigenvalue weighted by molar-refractivity contribution is 5.89. The minimum absolute atomic E-state index is 0.127. The summed E-state index contributed by atoms with van der Waals surface area (Å²) in [6, 6.07) is 16.7. The van der Waals surface area contributed by atoms with Gasteiger partial charge in [0.05, 0.1) is 18.9 Å². The number of urea groups is 1. The van der Waals surface area contributed by atoms with E-state index in [0.717, 1.165) is 28.8 Å². The highest BCUT2D eigenvalue weighted by Gasteiger charge is 2.20. The van der Waals surface area contributed by atoms with Gasteiger partial charge in [0.25, 0.3) is 0 Å². The lowest BCUT2D eigenvalue weighted by molar-refractivity contribution is -0.148. The minimum atomic E-state index is -1.15. The standard InChI is InChI=1S/C27H28F2N2O5/c1-17(2)20-7-10-22(11-8-20)36-25(26(32)33)16-35-15-19-5-3-18(4-6-19)14-30-27(34)31-24-12-9-21(28)13-23(24)29/h3-13,17,25H,14-16H2,1-2H3,(H,32,33)(H2,30,31,34). The number of amides is 2. The Morgan fingerprint density at radius 1 is 0.944 bits per heavy atom. The van der Waals surface area contributed by atoms with Gasteiger partial charge in [0.15, 0.2) is 0 Å². The normalized spacial score (nSPS) is 11.7. The fourth-order valence-electron chi connectivity index (χ4n) is 3.23. The van der Waals surface area contributed by atoms with Gasteiger partial charge in [0.2, 0.25) is 6.10 Å². The predicted molar refractivity (Wildman–Crippen MR) is 131 cm³/mol. The number of carboxylic acid groups (broad SMARTS) is 1. The van der Waals surface area contributed by atoms with Gasteiger partial charge in [-0.15, -0.1) is 0 Å². The van der Waals surface area contributed by atoms with Gasteiger partial charge in [-0.25, -0.2) is 18.4 Å². The number of rotatable bonds is 11. The molecule has 0 radical (unpaired) electrons. The summed E-state index contributed by atoms with van der Waals surface area (Å²) in [5.41, 5.74) is 2.59. The van der Waals surface area contributed by atoms with E-state index < -0.39 is 29.7 Å². The van der Waals surface area contributed by atoms with Gasteiger partial charge in [-0.05, 0) is 46.9 Å². The highest BCUT2D eigenvalue weighted by atomic mass is 19.1. The Labute approximate surface area is 208 Å². The predicted octanol–water partition coefficient (Wildman–Crippen LogP) is 5.46. The van der Waals surface area contributed by atoms with Crippen LogP contribution in [0.2, 0.25) is 0 Å². The summed E-state index contributed by atoms with van der Waals surface area (Å²) in [5.74, 6) is -1.90. The number of nitrogens with one attached hydrogen (secondary N) is 2. The van der Waals surface area contributed by atoms with E-state index in [1.165, 1.54) is 0 Å². The Morgan fingerprint density at radius 3 is 2.22 bits per heavy atom. The molecule has 0 fully saturated rings. The smallest absolute Gasteiger partial charge is 0.347 e. The topological polar surface area (TPSA) is 96.9 Å². The summed E-state index contributed by atoms with van der Waals surface area (Å²) >= 11 is 0. The van der Waals surface area contributed by atoms with Crippen LogP contribution in [-0.2, 0) is 22.7 Å². The summed E-state index contributed by atoms with van der Waals surface area (Å²) in [4.78, 5) is 23.5. The zero-order valence-corrected chi connectivity index (χ0v) is 20.0. The second kappa shape index (κ2) is 12.6. The molecule has 1 unspecified atom stereocenters. The molecule has 2 amide bonds. The Bertz CT molecular complexity index is 1170. The fraction of sp³-hybridized carbons (Fsp3) is 0.259. The van der Waals surface area contributed by atoms with Crippen LogP contribution in [0.1, 0.15) is 36.5 Å². The summed E-state index contributed by atoms with van der Waals surface area (Å²) in [6.07, 6.45) is -1.15. The van der Waals surface area contributed by atoms with Crippen LogP contribution in [0.5, 0.6) is 5.75 Å². The first kappa shape index (κ1) is 26.6. The van der Waals surface area contributed by atoms with E-state index >= 15 is 0 Å². The third-order valence-corrected chi connectivity index (χ3v) is 5.29. The van der Waals surface area contributed by atoms with Crippen molar-refractivity contribution in [3.8, 4) is 5.75 Å². The first-order chi connectivity index (χ1) is 17.2. The van der Waals surface area contributed by atoms with E-state index in [-0.39, 0.29) is 25.4 Å². The van der Waals surface area contributed by atoms with Gasteiger partial charge in [0.1, 0.15) is 17.4 Å². The molecule has 0 aliphatic rings. The average molecular weight is 499 g/mol. The maximum absolute atomic E-state index is 13.6. The van der Waals surface area contributed by atoms with Crippen molar-refractivity contribution >= 4 is 17.7 Å². The van der Waals surface area contributed by atoms with Crippen LogP contribution in [0.25, 0.3) is 0 Å². The third-order valence-electron chi connectivity index (χ3n) is 5.29. The summed E-state index contributed by atoms with van der Waals surface area (Å²) in [5, 5.41) is 14.4. The van der Waals surface area contributed by atoms with E-state index in [0.29, 0.717) is 17.7 Å². The molecule has 0 aliphatic heterocycles. The fourth-order valence-corrected chi connectivity index (χ4v) is 3.23. The molecular formula is C27H28F2N2O5. The number of hydrogen-bond acceptors (Lipinski definition) is 4. The van der Waals surface area contributed by atoms with E-state index in [9.17, 15) is 23.5 Å². The zero-order chi connectivity index (χ0) is 26.1. The van der Waals surface area contributed by atoms with Crippen LogP contribution in [-0.4, -0.2) is 29.8 Å². The van der Waals surface area contributed by atoms with Gasteiger partial charge in [-0.2, -0.15) is 0 Å². The number of carboxylic acids is 1. The molecule has 190 valence electrons. The molecular weight excluding hydrogens is 470 g/mol. The van der Waals surface area contributed by atoms with E-state index in [2.05, 4.69) is 24.5 Å². The molecule has 0 aliphatic carbocycles. The minimum Gasteiger partial charge on any atom is -0.478 e. The number of anilines is 1. The van der Waals surface area contributed by atoms with Crippen LogP contribution >= 0.6 is 0 Å². The summed E-state index contributed by atoms with van der Waals surface area (Å²) in [7, 11) is 0. The monoisotopic (exact) mass is 498 g/mol. The van der Waals surface area contributed by atoms with E-state index in [4.69, 9.17) is 9.47 Å². The van der Waals surface area contributed by atoms with Crippen LogP contribution in [0.15, 0.2) is 66.7 Å². The maximum Gasteiger partial charge on any atom is 0.347 e. The Kier molecular flexibility index (Phi) is 9.35. The lowest BCUT2D eigenvalue weighted by atomic mass is 10.0. The van der Waals surface area contributed by atoms with Gasteiger partial charge in [0, 0.05) is 12.6 Å². The summed E-state index contributed by atoms with van der Waals surface area (Å²) in [6.45, 7) is 4.37. The van der Waals surface area contributed by atoms with E-state index in [1.807, 2.05) is 12.1 Å². The number of halogens is 2. The average Bonchev–Trinajstić information content (AvgIpc) is 2.85. The molecule has 1 atom stereocenters. The molecule has 7 nitrogen and oxygen atoms in total. The molecule has 0 spiro atoms. The Hall–Kier alpha value is -3.98. The van der Waals surface area contributed by atoms with Crippen molar-refractivity contribution in [2.45, 2.75) is 39.0 Å². The van der Waals surface area contributed by atoms with Crippen LogP contribution in [0.4, 0.5) is 19.3 Å². The largest absolute Gasteiger partial charge is 0.478 e. The first-order valence-corrected chi connectivity index (χ1v) is 11.4. The van der Waals surface area contributed by atoms with Crippen LogP contribution < -0.4 is 15.4 Å². The molecule has 0 saturated heterocycles. The molecule has 0 bridgehead atoms. The molecule has 9 heteroatoms. The van der Waals surface area contributed by atoms with Crippen molar-refractivity contribution in [2.24, 2.45) is 0 Å². The van der Waals surface area contributed by atoms with Crippen molar-refractivity contribution in [2.75, 3.05) is 11.9 Å². The molecule has 0 aromatic heterocycles. The lowest BCUT2D eigenvalue weighted by Crippen LogP contribution is -2.32. The Balaban J connectivity index is 1.43. The highest BCUT2D eigenvalue weighted by Crippen LogP contribution is 2.20. The number of carbonyl (C=O) groups is 2. The van der Waals surface area contributed by atoms with Crippen molar-refractivity contribution in [1.82, 2.24) is 5.32 Å². The molecule has 3 aromatic rings.